The van der Waals surface area contributed by atoms with E-state index in [1.54, 1.807) is 12.1 Å². The van der Waals surface area contributed by atoms with E-state index in [0.717, 1.165) is 10.0 Å². The molecule has 0 bridgehead atoms. The zero-order valence-corrected chi connectivity index (χ0v) is 14.7. The predicted octanol–water partition coefficient (Wildman–Crippen LogP) is 5.51. The minimum atomic E-state index is -0.377. The second-order valence-electron chi connectivity index (χ2n) is 4.44. The van der Waals surface area contributed by atoms with E-state index >= 15 is 0 Å². The first kappa shape index (κ1) is 16.0. The molecule has 0 heterocycles. The average Bonchev–Trinajstić information content (AvgIpc) is 2.45. The molecule has 2 aromatic carbocycles. The molecule has 0 amide bonds. The normalized spacial score (nSPS) is 12.4. The molecule has 1 N–H and O–H groups in total. The van der Waals surface area contributed by atoms with Gasteiger partial charge in [0, 0.05) is 20.6 Å². The third-order valence-corrected chi connectivity index (χ3v) is 4.93. The van der Waals surface area contributed by atoms with E-state index in [4.69, 9.17) is 11.6 Å². The molecule has 2 rings (SSSR count). The van der Waals surface area contributed by atoms with Gasteiger partial charge in [0.15, 0.2) is 0 Å². The van der Waals surface area contributed by atoms with E-state index in [1.165, 1.54) is 0 Å². The number of rotatable bonds is 4. The fraction of sp³-hybridized carbons (Fsp3) is 0.200. The second kappa shape index (κ2) is 7.03. The summed E-state index contributed by atoms with van der Waals surface area (Å²) < 4.78 is 15.9. The summed E-state index contributed by atoms with van der Waals surface area (Å²) in [5, 5.41) is 3.27. The summed E-state index contributed by atoms with van der Waals surface area (Å²) in [5.74, 6) is -0.377. The SMILES string of the molecule is CNC(Cc1ccc(Br)cc1)c1ccc(Br)c(Cl)c1F. The molecular weight excluding hydrogens is 408 g/mol. The van der Waals surface area contributed by atoms with Gasteiger partial charge in [0.05, 0.1) is 5.02 Å². The lowest BCUT2D eigenvalue weighted by molar-refractivity contribution is 0.534. The van der Waals surface area contributed by atoms with Gasteiger partial charge in [-0.3, -0.25) is 0 Å². The van der Waals surface area contributed by atoms with Crippen molar-refractivity contribution >= 4 is 43.5 Å². The standard InChI is InChI=1S/C15H13Br2ClFN/c1-20-13(8-9-2-4-10(16)5-3-9)11-6-7-12(17)14(18)15(11)19/h2-7,13,20H,8H2,1H3. The first-order valence-electron chi connectivity index (χ1n) is 6.08. The highest BCUT2D eigenvalue weighted by atomic mass is 79.9. The van der Waals surface area contributed by atoms with Gasteiger partial charge in [0.1, 0.15) is 5.82 Å². The van der Waals surface area contributed by atoms with Crippen molar-refractivity contribution < 1.29 is 4.39 Å². The van der Waals surface area contributed by atoms with Crippen molar-refractivity contribution in [2.75, 3.05) is 7.05 Å². The van der Waals surface area contributed by atoms with E-state index in [-0.39, 0.29) is 16.9 Å². The number of likely N-dealkylation sites (N-methyl/N-ethyl adjacent to an activating group) is 1. The van der Waals surface area contributed by atoms with Gasteiger partial charge in [0.2, 0.25) is 0 Å². The van der Waals surface area contributed by atoms with E-state index in [2.05, 4.69) is 37.2 Å². The minimum absolute atomic E-state index is 0.123. The first-order chi connectivity index (χ1) is 9.52. The molecule has 0 saturated heterocycles. The number of halogens is 4. The summed E-state index contributed by atoms with van der Waals surface area (Å²) in [5.41, 5.74) is 1.70. The molecule has 0 spiro atoms. The molecule has 1 nitrogen and oxygen atoms in total. The Morgan fingerprint density at radius 2 is 1.80 bits per heavy atom. The van der Waals surface area contributed by atoms with E-state index in [1.807, 2.05) is 31.3 Å². The van der Waals surface area contributed by atoms with Crippen LogP contribution in [0.1, 0.15) is 17.2 Å². The predicted molar refractivity (Wildman–Crippen MR) is 88.8 cm³/mol. The van der Waals surface area contributed by atoms with Crippen LogP contribution in [-0.2, 0) is 6.42 Å². The molecule has 1 unspecified atom stereocenters. The maximum Gasteiger partial charge on any atom is 0.147 e. The summed E-state index contributed by atoms with van der Waals surface area (Å²) in [6, 6.07) is 11.4. The van der Waals surface area contributed by atoms with Crippen molar-refractivity contribution in [1.29, 1.82) is 0 Å². The second-order valence-corrected chi connectivity index (χ2v) is 6.58. The van der Waals surface area contributed by atoms with Crippen LogP contribution in [0.4, 0.5) is 4.39 Å². The number of hydrogen-bond acceptors (Lipinski definition) is 1. The molecule has 20 heavy (non-hydrogen) atoms. The van der Waals surface area contributed by atoms with E-state index < -0.39 is 0 Å². The van der Waals surface area contributed by atoms with Crippen LogP contribution in [-0.4, -0.2) is 7.05 Å². The quantitative estimate of drug-likeness (QED) is 0.642. The van der Waals surface area contributed by atoms with Crippen LogP contribution >= 0.6 is 43.5 Å². The molecule has 0 saturated carbocycles. The van der Waals surface area contributed by atoms with Crippen molar-refractivity contribution in [2.24, 2.45) is 0 Å². The van der Waals surface area contributed by atoms with Crippen LogP contribution in [0.25, 0.3) is 0 Å². The zero-order chi connectivity index (χ0) is 14.7. The van der Waals surface area contributed by atoms with Crippen LogP contribution in [0.3, 0.4) is 0 Å². The smallest absolute Gasteiger partial charge is 0.147 e. The Morgan fingerprint density at radius 1 is 1.15 bits per heavy atom. The number of benzene rings is 2. The summed E-state index contributed by atoms with van der Waals surface area (Å²) in [7, 11) is 1.82. The lowest BCUT2D eigenvalue weighted by atomic mass is 9.98. The van der Waals surface area contributed by atoms with Gasteiger partial charge < -0.3 is 5.32 Å². The Hall–Kier alpha value is -0.420. The Labute approximate surface area is 139 Å². The van der Waals surface area contributed by atoms with Gasteiger partial charge in [-0.1, -0.05) is 45.7 Å². The Kier molecular flexibility index (Phi) is 5.61. The van der Waals surface area contributed by atoms with Crippen LogP contribution in [0.2, 0.25) is 5.02 Å². The third-order valence-electron chi connectivity index (χ3n) is 3.14. The van der Waals surface area contributed by atoms with E-state index in [9.17, 15) is 4.39 Å². The topological polar surface area (TPSA) is 12.0 Å². The van der Waals surface area contributed by atoms with Gasteiger partial charge in [-0.2, -0.15) is 0 Å². The maximum atomic E-state index is 14.3. The van der Waals surface area contributed by atoms with Gasteiger partial charge in [0.25, 0.3) is 0 Å². The minimum Gasteiger partial charge on any atom is -0.313 e. The largest absolute Gasteiger partial charge is 0.313 e. The highest BCUT2D eigenvalue weighted by Crippen LogP contribution is 2.31. The van der Waals surface area contributed by atoms with Gasteiger partial charge in [-0.05, 0) is 53.2 Å². The Bertz CT molecular complexity index is 602. The summed E-state index contributed by atoms with van der Waals surface area (Å²) in [4.78, 5) is 0. The van der Waals surface area contributed by atoms with Crippen molar-refractivity contribution in [1.82, 2.24) is 5.32 Å². The number of hydrogen-bond donors (Lipinski definition) is 1. The Balaban J connectivity index is 2.29. The molecule has 1 atom stereocenters. The van der Waals surface area contributed by atoms with Crippen molar-refractivity contribution in [3.63, 3.8) is 0 Å². The van der Waals surface area contributed by atoms with Gasteiger partial charge >= 0.3 is 0 Å². The molecule has 0 aliphatic rings. The molecule has 2 aromatic rings. The molecule has 0 fully saturated rings. The Morgan fingerprint density at radius 3 is 2.40 bits per heavy atom. The molecule has 106 valence electrons. The number of nitrogens with one attached hydrogen (secondary N) is 1. The molecule has 0 aliphatic carbocycles. The summed E-state index contributed by atoms with van der Waals surface area (Å²) in [6.45, 7) is 0. The van der Waals surface area contributed by atoms with Crippen LogP contribution < -0.4 is 5.32 Å². The third kappa shape index (κ3) is 3.61. The van der Waals surface area contributed by atoms with Crippen molar-refractivity contribution in [3.8, 4) is 0 Å². The zero-order valence-electron chi connectivity index (χ0n) is 10.8. The maximum absolute atomic E-state index is 14.3. The molecule has 0 aromatic heterocycles. The highest BCUT2D eigenvalue weighted by Gasteiger charge is 2.18. The first-order valence-corrected chi connectivity index (χ1v) is 8.04. The van der Waals surface area contributed by atoms with Gasteiger partial charge in [-0.25, -0.2) is 4.39 Å². The highest BCUT2D eigenvalue weighted by molar-refractivity contribution is 9.10. The fourth-order valence-electron chi connectivity index (χ4n) is 2.03. The van der Waals surface area contributed by atoms with Gasteiger partial charge in [-0.15, -0.1) is 0 Å². The van der Waals surface area contributed by atoms with Crippen LogP contribution in [0, 0.1) is 5.82 Å². The summed E-state index contributed by atoms with van der Waals surface area (Å²) >= 11 is 12.6. The molecule has 0 radical (unpaired) electrons. The van der Waals surface area contributed by atoms with Crippen LogP contribution in [0.15, 0.2) is 45.3 Å². The lowest BCUT2D eigenvalue weighted by Gasteiger charge is -2.18. The lowest BCUT2D eigenvalue weighted by Crippen LogP contribution is -2.20. The fourth-order valence-corrected chi connectivity index (χ4v) is 2.78. The molecule has 5 heteroatoms. The van der Waals surface area contributed by atoms with Crippen LogP contribution in [0.5, 0.6) is 0 Å². The summed E-state index contributed by atoms with van der Waals surface area (Å²) in [6.07, 6.45) is 0.693. The van der Waals surface area contributed by atoms with Crippen molar-refractivity contribution in [3.05, 3.63) is 67.3 Å². The monoisotopic (exact) mass is 419 g/mol. The molecule has 0 aliphatic heterocycles. The van der Waals surface area contributed by atoms with Crippen molar-refractivity contribution in [2.45, 2.75) is 12.5 Å². The average molecular weight is 422 g/mol. The van der Waals surface area contributed by atoms with E-state index in [0.29, 0.717) is 16.5 Å². The molecular formula is C15H13Br2ClFN.